The van der Waals surface area contributed by atoms with Crippen LogP contribution in [0.15, 0.2) is 73.1 Å². The third-order valence-electron chi connectivity index (χ3n) is 15.2. The molecule has 1 saturated carbocycles. The Morgan fingerprint density at radius 2 is 1.31 bits per heavy atom. The topological polar surface area (TPSA) is 158 Å². The standard InChI is InChI=1S/C31H35N3O5.C27H27BrN2O3/c1-31(2,3)39-30(36)34-15-18(16-37-4)10-26(34)29-32-14-25(33-29)20-8-9-22-21(11-20)17-38-28-13-23-19(12-24(22)28)6-5-7-27(23)35;1-32-13-15-2-3-18(8-15)27-29-12-24(30-27)17-4-6-20-19(9-17)14-33-25-11-21-16(10-22(20)25)5-7-23(28)26(21)31/h8-9,11-14,18,26H,5-7,10,15-17H2,1-4H3,(H,32,33);4,6,9-12,15,18,23H,2-3,5,7-8,13-14H2,1H3,(H,29,30)/t18-,26-;15-,18+,23?/m01/s1. The van der Waals surface area contributed by atoms with Gasteiger partial charge in [0.25, 0.3) is 0 Å². The van der Waals surface area contributed by atoms with Gasteiger partial charge in [-0.1, -0.05) is 40.2 Å². The smallest absolute Gasteiger partial charge is 0.410 e. The number of aryl methyl sites for hydroxylation is 2. The lowest BCUT2D eigenvalue weighted by atomic mass is 9.85. The van der Waals surface area contributed by atoms with Crippen LogP contribution >= 0.6 is 15.9 Å². The van der Waals surface area contributed by atoms with Gasteiger partial charge < -0.3 is 33.7 Å². The second kappa shape index (κ2) is 19.7. The molecule has 3 aliphatic carbocycles. The van der Waals surface area contributed by atoms with E-state index in [4.69, 9.17) is 33.7 Å². The number of carbonyl (C=O) groups is 3. The minimum absolute atomic E-state index is 0.0872. The average Bonchev–Trinajstić information content (AvgIpc) is 4.22. The molecule has 5 atom stereocenters. The number of nitrogens with zero attached hydrogens (tertiary/aromatic N) is 3. The van der Waals surface area contributed by atoms with Crippen molar-refractivity contribution in [1.82, 2.24) is 24.8 Å². The van der Waals surface area contributed by atoms with Gasteiger partial charge in [0.15, 0.2) is 11.6 Å². The summed E-state index contributed by atoms with van der Waals surface area (Å²) in [7, 11) is 3.46. The molecule has 14 heteroatoms. The molecular formula is C58H62BrN5O8. The van der Waals surface area contributed by atoms with Crippen molar-refractivity contribution in [3.05, 3.63) is 118 Å². The van der Waals surface area contributed by atoms with Gasteiger partial charge in [0.2, 0.25) is 0 Å². The van der Waals surface area contributed by atoms with E-state index in [1.165, 1.54) is 18.4 Å². The van der Waals surface area contributed by atoms with Crippen molar-refractivity contribution in [1.29, 1.82) is 0 Å². The van der Waals surface area contributed by atoms with E-state index >= 15 is 0 Å². The number of imidazole rings is 2. The molecule has 4 aromatic carbocycles. The summed E-state index contributed by atoms with van der Waals surface area (Å²) >= 11 is 3.50. The van der Waals surface area contributed by atoms with E-state index in [1.807, 2.05) is 45.3 Å². The van der Waals surface area contributed by atoms with Crippen molar-refractivity contribution < 1.29 is 38.1 Å². The van der Waals surface area contributed by atoms with Crippen molar-refractivity contribution >= 4 is 33.6 Å². The van der Waals surface area contributed by atoms with E-state index in [9.17, 15) is 14.4 Å². The third kappa shape index (κ3) is 9.53. The summed E-state index contributed by atoms with van der Waals surface area (Å²) in [5.41, 5.74) is 14.0. The fourth-order valence-corrected chi connectivity index (χ4v) is 12.2. The number of ether oxygens (including phenoxy) is 5. The molecule has 6 aromatic rings. The predicted molar refractivity (Wildman–Crippen MR) is 278 cm³/mol. The van der Waals surface area contributed by atoms with E-state index in [1.54, 1.807) is 19.1 Å². The number of rotatable bonds is 8. The van der Waals surface area contributed by atoms with Gasteiger partial charge in [-0.25, -0.2) is 14.8 Å². The Balaban J connectivity index is 0.000000158. The Kier molecular flexibility index (Phi) is 13.2. The van der Waals surface area contributed by atoms with Crippen molar-refractivity contribution in [2.45, 2.75) is 114 Å². The highest BCUT2D eigenvalue weighted by Gasteiger charge is 2.40. The van der Waals surface area contributed by atoms with Gasteiger partial charge in [0.1, 0.15) is 42.0 Å². The third-order valence-corrected chi connectivity index (χ3v) is 16.1. The van der Waals surface area contributed by atoms with Crippen LogP contribution in [0.2, 0.25) is 0 Å². The van der Waals surface area contributed by atoms with E-state index in [0.717, 1.165) is 141 Å². The van der Waals surface area contributed by atoms with Crippen LogP contribution in [0, 0.1) is 11.8 Å². The van der Waals surface area contributed by atoms with Gasteiger partial charge >= 0.3 is 6.09 Å². The number of amides is 1. The van der Waals surface area contributed by atoms with Gasteiger partial charge in [-0.3, -0.25) is 14.5 Å². The van der Waals surface area contributed by atoms with Crippen molar-refractivity contribution in [2.75, 3.05) is 34.0 Å². The van der Waals surface area contributed by atoms with Gasteiger partial charge in [-0.2, -0.15) is 0 Å². The van der Waals surface area contributed by atoms with Crippen LogP contribution in [0.3, 0.4) is 0 Å². The molecule has 72 heavy (non-hydrogen) atoms. The number of likely N-dealkylation sites (tertiary alicyclic amines) is 1. The molecule has 2 fully saturated rings. The van der Waals surface area contributed by atoms with Crippen molar-refractivity contribution in [3.8, 4) is 56.3 Å². The van der Waals surface area contributed by atoms with E-state index in [-0.39, 0.29) is 34.4 Å². The van der Waals surface area contributed by atoms with Crippen LogP contribution in [0.25, 0.3) is 44.8 Å². The zero-order valence-electron chi connectivity index (χ0n) is 41.7. The number of H-pyrrole nitrogens is 2. The molecule has 6 aliphatic rings. The van der Waals surface area contributed by atoms with Crippen molar-refractivity contribution in [3.63, 3.8) is 0 Å². The lowest BCUT2D eigenvalue weighted by Gasteiger charge is -2.27. The van der Waals surface area contributed by atoms with Crippen LogP contribution in [-0.4, -0.2) is 86.9 Å². The van der Waals surface area contributed by atoms with E-state index < -0.39 is 5.60 Å². The molecule has 13 nitrogen and oxygen atoms in total. The molecule has 0 spiro atoms. The maximum absolute atomic E-state index is 13.0. The fourth-order valence-electron chi connectivity index (χ4n) is 11.7. The lowest BCUT2D eigenvalue weighted by Crippen LogP contribution is -2.37. The Hall–Kier alpha value is -6.09. The molecule has 12 rings (SSSR count). The summed E-state index contributed by atoms with van der Waals surface area (Å²) in [6.07, 6.45) is 11.9. The normalized spacial score (nSPS) is 21.8. The first-order chi connectivity index (χ1) is 34.8. The Morgan fingerprint density at radius 3 is 1.96 bits per heavy atom. The maximum atomic E-state index is 13.0. The van der Waals surface area contributed by atoms with Crippen LogP contribution in [0.5, 0.6) is 11.5 Å². The minimum Gasteiger partial charge on any atom is -0.488 e. The number of alkyl halides is 1. The molecule has 2 N–H and O–H groups in total. The summed E-state index contributed by atoms with van der Waals surface area (Å²) in [5, 5.41) is 0. The second-order valence-corrected chi connectivity index (χ2v) is 22.5. The van der Waals surface area contributed by atoms with Gasteiger partial charge in [-0.15, -0.1) is 0 Å². The summed E-state index contributed by atoms with van der Waals surface area (Å²) in [5.74, 6) is 5.12. The average molecular weight is 1040 g/mol. The second-order valence-electron chi connectivity index (χ2n) is 21.4. The van der Waals surface area contributed by atoms with E-state index in [0.29, 0.717) is 44.6 Å². The van der Waals surface area contributed by atoms with Crippen molar-refractivity contribution in [2.24, 2.45) is 11.8 Å². The molecule has 3 aliphatic heterocycles. The zero-order valence-corrected chi connectivity index (χ0v) is 43.3. The molecule has 1 amide bonds. The summed E-state index contributed by atoms with van der Waals surface area (Å²) in [6, 6.07) is 20.8. The lowest BCUT2D eigenvalue weighted by molar-refractivity contribution is 0.0208. The molecule has 1 unspecified atom stereocenters. The number of carbonyl (C=O) groups excluding carboxylic acids is 3. The quantitative estimate of drug-likeness (QED) is 0.141. The zero-order chi connectivity index (χ0) is 49.8. The molecule has 2 aromatic heterocycles. The molecule has 0 radical (unpaired) electrons. The Labute approximate surface area is 428 Å². The van der Waals surface area contributed by atoms with Crippen LogP contribution in [0.4, 0.5) is 4.79 Å². The number of benzene rings is 4. The highest BCUT2D eigenvalue weighted by Crippen LogP contribution is 2.45. The van der Waals surface area contributed by atoms with Gasteiger partial charge in [0, 0.05) is 67.9 Å². The molecule has 0 bridgehead atoms. The SMILES string of the molecule is COC[C@@H]1CC[C@H](c2ncc(-c3ccc4c(c3)COc3cc5c(cc3-4)CCC(Br)C5=O)[nH]2)C1.COC[C@H]1C[C@@H](c2ncc(-c3ccc4c(c3)COc3cc5c(cc3-4)CCCC5=O)[nH]2)N(C(=O)OC(C)(C)C)C1. The maximum Gasteiger partial charge on any atom is 0.410 e. The highest BCUT2D eigenvalue weighted by molar-refractivity contribution is 9.10. The first-order valence-electron chi connectivity index (χ1n) is 25.5. The summed E-state index contributed by atoms with van der Waals surface area (Å²) < 4.78 is 28.6. The Morgan fingerprint density at radius 1 is 0.694 bits per heavy atom. The number of halogens is 1. The number of fused-ring (bicyclic) bond motifs is 8. The number of hydrogen-bond acceptors (Lipinski definition) is 10. The molecular weight excluding hydrogens is 975 g/mol. The van der Waals surface area contributed by atoms with Gasteiger partial charge in [0.05, 0.1) is 41.3 Å². The molecule has 374 valence electrons. The summed E-state index contributed by atoms with van der Waals surface area (Å²) in [4.78, 5) is 56.1. The minimum atomic E-state index is -0.575. The fraction of sp³-hybridized carbons (Fsp3) is 0.431. The predicted octanol–water partition coefficient (Wildman–Crippen LogP) is 12.2. The number of aromatic amines is 2. The monoisotopic (exact) mass is 1040 g/mol. The number of aromatic nitrogens is 4. The van der Waals surface area contributed by atoms with Gasteiger partial charge in [-0.05, 0) is 159 Å². The molecule has 1 saturated heterocycles. The van der Waals surface area contributed by atoms with Crippen LogP contribution in [-0.2, 0) is 40.3 Å². The first kappa shape index (κ1) is 48.2. The van der Waals surface area contributed by atoms with Crippen LogP contribution < -0.4 is 9.47 Å². The highest BCUT2D eigenvalue weighted by atomic mass is 79.9. The number of nitrogens with one attached hydrogen (secondary N) is 2. The molecule has 5 heterocycles. The Bertz CT molecular complexity index is 3080. The largest absolute Gasteiger partial charge is 0.488 e. The number of ketones is 2. The number of hydrogen-bond donors (Lipinski definition) is 2. The van der Waals surface area contributed by atoms with Crippen LogP contribution in [0.1, 0.15) is 132 Å². The first-order valence-corrected chi connectivity index (χ1v) is 26.4. The summed E-state index contributed by atoms with van der Waals surface area (Å²) in [6.45, 7) is 8.55. The number of Topliss-reactive ketones (excluding diaryl/α,β-unsaturated/α-hetero) is 2. The number of methoxy groups -OCH3 is 2. The van der Waals surface area contributed by atoms with E-state index in [2.05, 4.69) is 74.4 Å².